The Hall–Kier alpha value is -3.67. The highest BCUT2D eigenvalue weighted by Crippen LogP contribution is 2.32. The van der Waals surface area contributed by atoms with Crippen molar-refractivity contribution in [2.24, 2.45) is 5.92 Å². The van der Waals surface area contributed by atoms with E-state index in [0.29, 0.717) is 11.3 Å². The van der Waals surface area contributed by atoms with Crippen LogP contribution in [-0.4, -0.2) is 33.1 Å². The number of hydrogen-bond acceptors (Lipinski definition) is 7. The summed E-state index contributed by atoms with van der Waals surface area (Å²) in [6.45, 7) is 0.280. The number of rotatable bonds is 7. The lowest BCUT2D eigenvalue weighted by atomic mass is 9.94. The third-order valence-corrected chi connectivity index (χ3v) is 6.80. The molecule has 1 amide bonds. The van der Waals surface area contributed by atoms with E-state index in [1.54, 1.807) is 36.4 Å². The van der Waals surface area contributed by atoms with E-state index in [9.17, 15) is 22.7 Å². The summed E-state index contributed by atoms with van der Waals surface area (Å²) < 4.78 is 46.7. The normalized spacial score (nSPS) is 17.8. The molecule has 9 nitrogen and oxygen atoms in total. The molecule has 34 heavy (non-hydrogen) atoms. The van der Waals surface area contributed by atoms with Crippen molar-refractivity contribution in [1.82, 2.24) is 10.9 Å². The third kappa shape index (κ3) is 4.96. The molecule has 0 radical (unpaired) electrons. The number of ether oxygens (including phenoxy) is 1. The number of nitrogens with one attached hydrogen (secondary N) is 4. The van der Waals surface area contributed by atoms with E-state index in [1.165, 1.54) is 37.4 Å². The standard InChI is InChI=1S/C23H23FN4O5S/c1-33-21-5-3-2-4-18(21)28-34(31,32)16-10-11-20(29)19(12-16)26-23(30)17-13-25-27-22(17)14-6-8-15(24)9-7-14/h2-12,17,22,25,27-29H,13H2,1H3,(H,26,30). The number of aromatic hydroxyl groups is 1. The van der Waals surface area contributed by atoms with Gasteiger partial charge in [0.2, 0.25) is 5.91 Å². The molecule has 1 heterocycles. The Morgan fingerprint density at radius 2 is 1.82 bits per heavy atom. The number of methoxy groups -OCH3 is 1. The summed E-state index contributed by atoms with van der Waals surface area (Å²) in [5.74, 6) is -1.39. The third-order valence-electron chi connectivity index (χ3n) is 5.44. The average Bonchev–Trinajstić information content (AvgIpc) is 3.31. The molecular weight excluding hydrogens is 463 g/mol. The monoisotopic (exact) mass is 486 g/mol. The Morgan fingerprint density at radius 3 is 2.56 bits per heavy atom. The number of phenolic OH excluding ortho intramolecular Hbond substituents is 1. The van der Waals surface area contributed by atoms with Crippen LogP contribution in [0, 0.1) is 11.7 Å². The van der Waals surface area contributed by atoms with Crippen LogP contribution in [0.3, 0.4) is 0 Å². The van der Waals surface area contributed by atoms with Crippen LogP contribution in [0.25, 0.3) is 0 Å². The van der Waals surface area contributed by atoms with E-state index >= 15 is 0 Å². The highest BCUT2D eigenvalue weighted by Gasteiger charge is 2.34. The maximum Gasteiger partial charge on any atom is 0.262 e. The molecule has 4 rings (SSSR count). The Labute approximate surface area is 196 Å². The number of anilines is 2. The zero-order chi connectivity index (χ0) is 24.3. The Kier molecular flexibility index (Phi) is 6.68. The van der Waals surface area contributed by atoms with E-state index in [2.05, 4.69) is 20.9 Å². The molecule has 0 bridgehead atoms. The number of carbonyl (C=O) groups excluding carboxylic acids is 1. The van der Waals surface area contributed by atoms with E-state index in [0.717, 1.165) is 0 Å². The number of hydrazine groups is 1. The summed E-state index contributed by atoms with van der Waals surface area (Å²) >= 11 is 0. The van der Waals surface area contributed by atoms with Gasteiger partial charge in [-0.2, -0.15) is 0 Å². The second kappa shape index (κ2) is 9.67. The van der Waals surface area contributed by atoms with Crippen molar-refractivity contribution in [3.8, 4) is 11.5 Å². The fourth-order valence-electron chi connectivity index (χ4n) is 3.67. The lowest BCUT2D eigenvalue weighted by Gasteiger charge is -2.19. The van der Waals surface area contributed by atoms with Gasteiger partial charge in [0.25, 0.3) is 10.0 Å². The van der Waals surface area contributed by atoms with Crippen LogP contribution in [0.2, 0.25) is 0 Å². The van der Waals surface area contributed by atoms with Crippen molar-refractivity contribution in [2.45, 2.75) is 10.9 Å². The predicted octanol–water partition coefficient (Wildman–Crippen LogP) is 2.74. The van der Waals surface area contributed by atoms with Crippen molar-refractivity contribution < 1.29 is 27.4 Å². The van der Waals surface area contributed by atoms with Gasteiger partial charge < -0.3 is 15.2 Å². The number of halogens is 1. The van der Waals surface area contributed by atoms with Gasteiger partial charge in [-0.25, -0.2) is 18.2 Å². The molecule has 5 N–H and O–H groups in total. The predicted molar refractivity (Wildman–Crippen MR) is 124 cm³/mol. The van der Waals surface area contributed by atoms with Gasteiger partial charge in [-0.1, -0.05) is 24.3 Å². The van der Waals surface area contributed by atoms with Gasteiger partial charge in [0.15, 0.2) is 0 Å². The molecule has 0 spiro atoms. The summed E-state index contributed by atoms with van der Waals surface area (Å²) in [6, 6.07) is 15.4. The van der Waals surface area contributed by atoms with E-state index in [-0.39, 0.29) is 34.4 Å². The quantitative estimate of drug-likeness (QED) is 0.325. The Bertz CT molecular complexity index is 1300. The molecule has 2 unspecified atom stereocenters. The fourth-order valence-corrected chi connectivity index (χ4v) is 4.76. The molecule has 3 aromatic rings. The van der Waals surface area contributed by atoms with Crippen molar-refractivity contribution in [2.75, 3.05) is 23.7 Å². The lowest BCUT2D eigenvalue weighted by Crippen LogP contribution is -2.29. The van der Waals surface area contributed by atoms with Crippen LogP contribution in [0.5, 0.6) is 11.5 Å². The molecule has 3 aromatic carbocycles. The number of carbonyl (C=O) groups is 1. The summed E-state index contributed by atoms with van der Waals surface area (Å²) in [5.41, 5.74) is 6.78. The van der Waals surface area contributed by atoms with Gasteiger partial charge in [0.05, 0.1) is 35.3 Å². The second-order valence-electron chi connectivity index (χ2n) is 7.63. The molecule has 11 heteroatoms. The molecular formula is C23H23FN4O5S. The van der Waals surface area contributed by atoms with Gasteiger partial charge in [0.1, 0.15) is 17.3 Å². The zero-order valence-corrected chi connectivity index (χ0v) is 18.9. The Morgan fingerprint density at radius 1 is 1.09 bits per heavy atom. The smallest absolute Gasteiger partial charge is 0.262 e. The van der Waals surface area contributed by atoms with Crippen LogP contribution in [-0.2, 0) is 14.8 Å². The number of benzene rings is 3. The lowest BCUT2D eigenvalue weighted by molar-refractivity contribution is -0.119. The number of sulfonamides is 1. The molecule has 0 aliphatic carbocycles. The molecule has 1 aliphatic heterocycles. The van der Waals surface area contributed by atoms with Gasteiger partial charge in [-0.05, 0) is 48.0 Å². The summed E-state index contributed by atoms with van der Waals surface area (Å²) in [6.07, 6.45) is 0. The topological polar surface area (TPSA) is 129 Å². The first kappa shape index (κ1) is 23.5. The first-order valence-corrected chi connectivity index (χ1v) is 11.8. The summed E-state index contributed by atoms with van der Waals surface area (Å²) in [7, 11) is -2.63. The first-order chi connectivity index (χ1) is 16.3. The van der Waals surface area contributed by atoms with E-state index < -0.39 is 27.9 Å². The van der Waals surface area contributed by atoms with Gasteiger partial charge in [0, 0.05) is 6.54 Å². The van der Waals surface area contributed by atoms with Crippen molar-refractivity contribution >= 4 is 27.3 Å². The number of para-hydroxylation sites is 2. The van der Waals surface area contributed by atoms with Crippen LogP contribution in [0.4, 0.5) is 15.8 Å². The largest absolute Gasteiger partial charge is 0.506 e. The molecule has 178 valence electrons. The fraction of sp³-hybridized carbons (Fsp3) is 0.174. The van der Waals surface area contributed by atoms with Gasteiger partial charge in [-0.3, -0.25) is 14.9 Å². The minimum absolute atomic E-state index is 0.0577. The van der Waals surface area contributed by atoms with Crippen LogP contribution < -0.4 is 25.6 Å². The highest BCUT2D eigenvalue weighted by atomic mass is 32.2. The summed E-state index contributed by atoms with van der Waals surface area (Å²) in [4.78, 5) is 12.8. The second-order valence-corrected chi connectivity index (χ2v) is 9.32. The number of amides is 1. The SMILES string of the molecule is COc1ccccc1NS(=O)(=O)c1ccc(O)c(NC(=O)C2CNNC2c2ccc(F)cc2)c1. The van der Waals surface area contributed by atoms with Crippen molar-refractivity contribution in [3.63, 3.8) is 0 Å². The molecule has 2 atom stereocenters. The van der Waals surface area contributed by atoms with Crippen molar-refractivity contribution in [3.05, 3.63) is 78.1 Å². The zero-order valence-electron chi connectivity index (χ0n) is 18.1. The molecule has 0 aromatic heterocycles. The van der Waals surface area contributed by atoms with E-state index in [1.807, 2.05) is 0 Å². The average molecular weight is 487 g/mol. The van der Waals surface area contributed by atoms with E-state index in [4.69, 9.17) is 4.74 Å². The summed E-state index contributed by atoms with van der Waals surface area (Å²) in [5, 5.41) is 12.9. The minimum Gasteiger partial charge on any atom is -0.506 e. The van der Waals surface area contributed by atoms with Gasteiger partial charge in [-0.15, -0.1) is 0 Å². The minimum atomic E-state index is -4.05. The molecule has 0 saturated carbocycles. The first-order valence-electron chi connectivity index (χ1n) is 10.3. The van der Waals surface area contributed by atoms with Crippen LogP contribution >= 0.6 is 0 Å². The van der Waals surface area contributed by atoms with Crippen LogP contribution in [0.15, 0.2) is 71.6 Å². The van der Waals surface area contributed by atoms with Crippen molar-refractivity contribution in [1.29, 1.82) is 0 Å². The number of phenols is 1. The molecule has 1 fully saturated rings. The molecule has 1 saturated heterocycles. The van der Waals surface area contributed by atoms with Gasteiger partial charge >= 0.3 is 0 Å². The molecule has 1 aliphatic rings. The maximum atomic E-state index is 13.3. The maximum absolute atomic E-state index is 13.3. The Balaban J connectivity index is 1.55. The highest BCUT2D eigenvalue weighted by molar-refractivity contribution is 7.92. The number of hydrogen-bond donors (Lipinski definition) is 5. The van der Waals surface area contributed by atoms with Crippen LogP contribution in [0.1, 0.15) is 11.6 Å².